The maximum absolute atomic E-state index is 12.5. The topological polar surface area (TPSA) is 90.3 Å². The van der Waals surface area contributed by atoms with Crippen LogP contribution < -0.4 is 15.0 Å². The summed E-state index contributed by atoms with van der Waals surface area (Å²) in [7, 11) is -0.672. The zero-order valence-corrected chi connectivity index (χ0v) is 15.1. The molecule has 0 radical (unpaired) electrons. The van der Waals surface area contributed by atoms with Crippen molar-refractivity contribution in [2.24, 2.45) is 7.05 Å². The lowest BCUT2D eigenvalue weighted by atomic mass is 10.2. The van der Waals surface area contributed by atoms with E-state index in [1.807, 2.05) is 0 Å². The number of nitrogens with one attached hydrogen (secondary N) is 1. The maximum Gasteiger partial charge on any atom is 0.271 e. The van der Waals surface area contributed by atoms with E-state index in [-0.39, 0.29) is 9.77 Å². The summed E-state index contributed by atoms with van der Waals surface area (Å²) in [5.41, 5.74) is 1.34. The van der Waals surface area contributed by atoms with Gasteiger partial charge >= 0.3 is 0 Å². The van der Waals surface area contributed by atoms with Crippen molar-refractivity contribution in [3.63, 3.8) is 0 Å². The number of aromatic nitrogens is 2. The molecule has 1 N–H and O–H groups in total. The van der Waals surface area contributed by atoms with E-state index in [9.17, 15) is 13.2 Å². The fraction of sp³-hybridized carbons (Fsp3) is 0.125. The predicted molar refractivity (Wildman–Crippen MR) is 96.6 cm³/mol. The SMILES string of the molecule is COc1cccc(NS(=O)(=O)c2cc(-c3ccc(=O)n(C)n3)cs2)c1. The molecular weight excluding hydrogens is 362 g/mol. The predicted octanol–water partition coefficient (Wildman–Crippen LogP) is 2.32. The smallest absolute Gasteiger partial charge is 0.271 e. The number of ether oxygens (including phenoxy) is 1. The summed E-state index contributed by atoms with van der Waals surface area (Å²) in [4.78, 5) is 11.4. The molecule has 0 bridgehead atoms. The van der Waals surface area contributed by atoms with Gasteiger partial charge in [0.15, 0.2) is 0 Å². The summed E-state index contributed by atoms with van der Waals surface area (Å²) < 4.78 is 34.1. The van der Waals surface area contributed by atoms with Crippen molar-refractivity contribution in [3.8, 4) is 17.0 Å². The normalized spacial score (nSPS) is 11.3. The number of anilines is 1. The van der Waals surface area contributed by atoms with Crippen LogP contribution in [0.4, 0.5) is 5.69 Å². The average Bonchev–Trinajstić information content (AvgIpc) is 3.08. The Hall–Kier alpha value is -2.65. The molecule has 1 aromatic carbocycles. The van der Waals surface area contributed by atoms with Crippen molar-refractivity contribution in [2.45, 2.75) is 4.21 Å². The van der Waals surface area contributed by atoms with Gasteiger partial charge < -0.3 is 4.74 Å². The summed E-state index contributed by atoms with van der Waals surface area (Å²) in [5, 5.41) is 5.81. The number of hydrogen-bond donors (Lipinski definition) is 1. The molecule has 0 aliphatic rings. The zero-order valence-electron chi connectivity index (χ0n) is 13.5. The van der Waals surface area contributed by atoms with E-state index >= 15 is 0 Å². The van der Waals surface area contributed by atoms with Gasteiger partial charge in [0, 0.05) is 30.1 Å². The number of sulfonamides is 1. The minimum Gasteiger partial charge on any atom is -0.497 e. The lowest BCUT2D eigenvalue weighted by Gasteiger charge is -2.07. The Balaban J connectivity index is 1.89. The highest BCUT2D eigenvalue weighted by atomic mass is 32.2. The third-order valence-corrected chi connectivity index (χ3v) is 6.24. The number of thiophene rings is 1. The van der Waals surface area contributed by atoms with Crippen LogP contribution in [0, 0.1) is 0 Å². The van der Waals surface area contributed by atoms with Gasteiger partial charge in [-0.1, -0.05) is 6.07 Å². The van der Waals surface area contributed by atoms with Crippen molar-refractivity contribution >= 4 is 27.0 Å². The molecule has 0 saturated carbocycles. The first-order valence-electron chi connectivity index (χ1n) is 7.19. The molecule has 7 nitrogen and oxygen atoms in total. The average molecular weight is 377 g/mol. The molecule has 0 atom stereocenters. The number of benzene rings is 1. The fourth-order valence-corrected chi connectivity index (χ4v) is 4.36. The van der Waals surface area contributed by atoms with Crippen molar-refractivity contribution in [1.29, 1.82) is 0 Å². The van der Waals surface area contributed by atoms with Crippen LogP contribution >= 0.6 is 11.3 Å². The molecule has 0 spiro atoms. The molecule has 0 saturated heterocycles. The summed E-state index contributed by atoms with van der Waals surface area (Å²) in [5.74, 6) is 0.557. The van der Waals surface area contributed by atoms with E-state index in [1.165, 1.54) is 23.9 Å². The highest BCUT2D eigenvalue weighted by Crippen LogP contribution is 2.29. The lowest BCUT2D eigenvalue weighted by Crippen LogP contribution is -2.18. The molecule has 130 valence electrons. The number of methoxy groups -OCH3 is 1. The van der Waals surface area contributed by atoms with Gasteiger partial charge in [0.05, 0.1) is 18.5 Å². The van der Waals surface area contributed by atoms with E-state index < -0.39 is 10.0 Å². The largest absolute Gasteiger partial charge is 0.497 e. The second-order valence-electron chi connectivity index (χ2n) is 5.17. The lowest BCUT2D eigenvalue weighted by molar-refractivity contribution is 0.415. The van der Waals surface area contributed by atoms with Gasteiger partial charge in [-0.25, -0.2) is 13.1 Å². The van der Waals surface area contributed by atoms with Crippen LogP contribution in [0.5, 0.6) is 5.75 Å². The molecule has 0 aliphatic carbocycles. The van der Waals surface area contributed by atoms with Gasteiger partial charge in [0.2, 0.25) is 0 Å². The van der Waals surface area contributed by atoms with Gasteiger partial charge in [0.25, 0.3) is 15.6 Å². The van der Waals surface area contributed by atoms with Crippen LogP contribution in [-0.2, 0) is 17.1 Å². The molecule has 2 aromatic heterocycles. The third kappa shape index (κ3) is 3.72. The first kappa shape index (κ1) is 17.2. The molecule has 0 fully saturated rings. The summed E-state index contributed by atoms with van der Waals surface area (Å²) >= 11 is 1.08. The Morgan fingerprint density at radius 2 is 2.00 bits per heavy atom. The summed E-state index contributed by atoms with van der Waals surface area (Å²) in [6.07, 6.45) is 0. The Morgan fingerprint density at radius 3 is 2.72 bits per heavy atom. The molecule has 0 unspecified atom stereocenters. The maximum atomic E-state index is 12.5. The Morgan fingerprint density at radius 1 is 1.20 bits per heavy atom. The van der Waals surface area contributed by atoms with E-state index in [4.69, 9.17) is 4.74 Å². The Labute approximate surface area is 148 Å². The van der Waals surface area contributed by atoms with Crippen molar-refractivity contribution < 1.29 is 13.2 Å². The van der Waals surface area contributed by atoms with Crippen LogP contribution in [0.25, 0.3) is 11.3 Å². The Kier molecular flexibility index (Phi) is 4.60. The highest BCUT2D eigenvalue weighted by molar-refractivity contribution is 7.94. The van der Waals surface area contributed by atoms with Crippen molar-refractivity contribution in [3.05, 3.63) is 58.2 Å². The first-order valence-corrected chi connectivity index (χ1v) is 9.55. The molecule has 0 amide bonds. The number of nitrogens with zero attached hydrogens (tertiary/aromatic N) is 2. The fourth-order valence-electron chi connectivity index (χ4n) is 2.14. The monoisotopic (exact) mass is 377 g/mol. The molecule has 3 aromatic rings. The second-order valence-corrected chi connectivity index (χ2v) is 7.99. The van der Waals surface area contributed by atoms with E-state index in [1.54, 1.807) is 42.8 Å². The minimum absolute atomic E-state index is 0.154. The number of hydrogen-bond acceptors (Lipinski definition) is 6. The van der Waals surface area contributed by atoms with Crippen LogP contribution in [0.15, 0.2) is 56.8 Å². The van der Waals surface area contributed by atoms with Crippen LogP contribution in [0.3, 0.4) is 0 Å². The third-order valence-electron chi connectivity index (χ3n) is 3.42. The summed E-state index contributed by atoms with van der Waals surface area (Å²) in [6, 6.07) is 11.2. The zero-order chi connectivity index (χ0) is 18.0. The standard InChI is InChI=1S/C16H15N3O4S2/c1-19-15(20)7-6-14(17-19)11-8-16(24-10-11)25(21,22)18-12-4-3-5-13(9-12)23-2/h3-10,18H,1-2H3. The molecule has 3 rings (SSSR count). The highest BCUT2D eigenvalue weighted by Gasteiger charge is 2.18. The van der Waals surface area contributed by atoms with Crippen molar-refractivity contribution in [1.82, 2.24) is 9.78 Å². The van der Waals surface area contributed by atoms with Crippen LogP contribution in [-0.4, -0.2) is 25.3 Å². The molecule has 9 heteroatoms. The molecule has 2 heterocycles. The second kappa shape index (κ2) is 6.69. The minimum atomic E-state index is -3.73. The molecule has 25 heavy (non-hydrogen) atoms. The van der Waals surface area contributed by atoms with Crippen LogP contribution in [0.2, 0.25) is 0 Å². The van der Waals surface area contributed by atoms with Gasteiger partial charge in [0.1, 0.15) is 9.96 Å². The van der Waals surface area contributed by atoms with Gasteiger partial charge in [-0.15, -0.1) is 11.3 Å². The van der Waals surface area contributed by atoms with Gasteiger partial charge in [-0.05, 0) is 24.3 Å². The first-order chi connectivity index (χ1) is 11.9. The van der Waals surface area contributed by atoms with Crippen molar-refractivity contribution in [2.75, 3.05) is 11.8 Å². The molecule has 0 aliphatic heterocycles. The van der Waals surface area contributed by atoms with Gasteiger partial charge in [-0.2, -0.15) is 5.10 Å². The van der Waals surface area contributed by atoms with Crippen LogP contribution in [0.1, 0.15) is 0 Å². The number of aryl methyl sites for hydroxylation is 1. The quantitative estimate of drug-likeness (QED) is 0.737. The van der Waals surface area contributed by atoms with E-state index in [0.717, 1.165) is 11.3 Å². The summed E-state index contributed by atoms with van der Waals surface area (Å²) in [6.45, 7) is 0. The van der Waals surface area contributed by atoms with E-state index in [0.29, 0.717) is 22.7 Å². The molecular formula is C16H15N3O4S2. The van der Waals surface area contributed by atoms with Gasteiger partial charge in [-0.3, -0.25) is 9.52 Å². The Bertz CT molecular complexity index is 1070. The number of rotatable bonds is 5. The van der Waals surface area contributed by atoms with E-state index in [2.05, 4.69) is 9.82 Å².